The third-order valence-corrected chi connectivity index (χ3v) is 4.79. The van der Waals surface area contributed by atoms with Crippen molar-refractivity contribution in [3.05, 3.63) is 0 Å². The number of amides is 1. The van der Waals surface area contributed by atoms with Crippen LogP contribution in [0.5, 0.6) is 0 Å². The van der Waals surface area contributed by atoms with Gasteiger partial charge < -0.3 is 10.4 Å². The molecule has 3 aliphatic carbocycles. The van der Waals surface area contributed by atoms with Crippen LogP contribution in [-0.2, 0) is 9.59 Å². The largest absolute Gasteiger partial charge is 0.481 e. The third-order valence-electron chi connectivity index (χ3n) is 4.79. The van der Waals surface area contributed by atoms with Crippen LogP contribution in [-0.4, -0.2) is 23.0 Å². The fourth-order valence-corrected chi connectivity index (χ4v) is 3.62. The van der Waals surface area contributed by atoms with E-state index < -0.39 is 5.97 Å². The lowest BCUT2D eigenvalue weighted by molar-refractivity contribution is -0.146. The zero-order valence-corrected chi connectivity index (χ0v) is 9.89. The van der Waals surface area contributed by atoms with E-state index in [1.165, 1.54) is 25.7 Å². The molecule has 0 radical (unpaired) electrons. The molecule has 3 rings (SSSR count). The molecule has 2 N–H and O–H groups in total. The molecule has 0 bridgehead atoms. The van der Waals surface area contributed by atoms with E-state index in [4.69, 9.17) is 5.11 Å². The van der Waals surface area contributed by atoms with Crippen molar-refractivity contribution < 1.29 is 14.7 Å². The molecule has 4 nitrogen and oxygen atoms in total. The van der Waals surface area contributed by atoms with Gasteiger partial charge in [0.2, 0.25) is 5.91 Å². The maximum absolute atomic E-state index is 12.0. The molecule has 1 unspecified atom stereocenters. The van der Waals surface area contributed by atoms with Gasteiger partial charge in [-0.3, -0.25) is 9.59 Å². The van der Waals surface area contributed by atoms with E-state index in [0.717, 1.165) is 0 Å². The fraction of sp³-hybridized carbons (Fsp3) is 0.846. The number of carbonyl (C=O) groups is 2. The van der Waals surface area contributed by atoms with Crippen LogP contribution >= 0.6 is 0 Å². The molecule has 4 heteroatoms. The van der Waals surface area contributed by atoms with Crippen molar-refractivity contribution in [1.82, 2.24) is 5.32 Å². The molecule has 94 valence electrons. The standard InChI is InChI=1S/C13H19NO3/c15-12(11-9-3-1-2-4-10(9)11)14-8-5-7(6-8)13(16)17/h7-11H,1-6H2,(H,14,15)(H,16,17)/t7?,8?,9-,10+,11?. The second kappa shape index (κ2) is 4.00. The van der Waals surface area contributed by atoms with Gasteiger partial charge in [-0.1, -0.05) is 12.8 Å². The normalized spacial score (nSPS) is 43.2. The molecule has 3 fully saturated rings. The monoisotopic (exact) mass is 237 g/mol. The minimum absolute atomic E-state index is 0.117. The Bertz CT molecular complexity index is 337. The summed E-state index contributed by atoms with van der Waals surface area (Å²) in [5.74, 6) is 0.757. The van der Waals surface area contributed by atoms with Gasteiger partial charge in [0.05, 0.1) is 5.92 Å². The molecule has 0 aliphatic heterocycles. The number of carboxylic acids is 1. The van der Waals surface area contributed by atoms with Crippen LogP contribution in [0.25, 0.3) is 0 Å². The second-order valence-electron chi connectivity index (χ2n) is 5.85. The van der Waals surface area contributed by atoms with E-state index in [-0.39, 0.29) is 23.8 Å². The van der Waals surface area contributed by atoms with Crippen molar-refractivity contribution in [2.24, 2.45) is 23.7 Å². The molecule has 3 atom stereocenters. The van der Waals surface area contributed by atoms with Crippen LogP contribution in [0.15, 0.2) is 0 Å². The maximum atomic E-state index is 12.0. The van der Waals surface area contributed by atoms with Gasteiger partial charge in [-0.05, 0) is 37.5 Å². The summed E-state index contributed by atoms with van der Waals surface area (Å²) in [6.07, 6.45) is 6.20. The van der Waals surface area contributed by atoms with Gasteiger partial charge in [-0.2, -0.15) is 0 Å². The molecular weight excluding hydrogens is 218 g/mol. The highest BCUT2D eigenvalue weighted by atomic mass is 16.4. The number of carboxylic acid groups (broad SMARTS) is 1. The van der Waals surface area contributed by atoms with Crippen LogP contribution in [0.3, 0.4) is 0 Å². The summed E-state index contributed by atoms with van der Waals surface area (Å²) >= 11 is 0. The summed E-state index contributed by atoms with van der Waals surface area (Å²) in [7, 11) is 0. The molecule has 0 aromatic carbocycles. The first-order valence-corrected chi connectivity index (χ1v) is 6.70. The van der Waals surface area contributed by atoms with E-state index in [1.807, 2.05) is 0 Å². The van der Waals surface area contributed by atoms with Crippen LogP contribution < -0.4 is 5.32 Å². The first kappa shape index (κ1) is 11.1. The summed E-state index contributed by atoms with van der Waals surface area (Å²) < 4.78 is 0. The van der Waals surface area contributed by atoms with Crippen LogP contribution in [0.2, 0.25) is 0 Å². The first-order valence-electron chi connectivity index (χ1n) is 6.70. The Hall–Kier alpha value is -1.06. The quantitative estimate of drug-likeness (QED) is 0.779. The molecule has 1 amide bonds. The Morgan fingerprint density at radius 2 is 1.65 bits per heavy atom. The summed E-state index contributed by atoms with van der Waals surface area (Å²) in [6.45, 7) is 0. The minimum atomic E-state index is -0.726. The summed E-state index contributed by atoms with van der Waals surface area (Å²) in [5.41, 5.74) is 0. The van der Waals surface area contributed by atoms with Crippen molar-refractivity contribution in [3.63, 3.8) is 0 Å². The van der Waals surface area contributed by atoms with Gasteiger partial charge in [-0.15, -0.1) is 0 Å². The van der Waals surface area contributed by atoms with E-state index in [0.29, 0.717) is 24.7 Å². The molecule has 0 heterocycles. The molecule has 0 aromatic rings. The second-order valence-corrected chi connectivity index (χ2v) is 5.85. The number of nitrogens with one attached hydrogen (secondary N) is 1. The number of rotatable bonds is 3. The average Bonchev–Trinajstić information content (AvgIpc) is 2.96. The van der Waals surface area contributed by atoms with Gasteiger partial charge in [0.1, 0.15) is 0 Å². The minimum Gasteiger partial charge on any atom is -0.481 e. The highest BCUT2D eigenvalue weighted by Gasteiger charge is 2.55. The Morgan fingerprint density at radius 1 is 1.06 bits per heavy atom. The molecule has 3 saturated carbocycles. The predicted octanol–water partition coefficient (Wildman–Crippen LogP) is 1.40. The van der Waals surface area contributed by atoms with Crippen molar-refractivity contribution >= 4 is 11.9 Å². The zero-order chi connectivity index (χ0) is 12.0. The summed E-state index contributed by atoms with van der Waals surface area (Å²) in [6, 6.07) is 0.117. The number of hydrogen-bond donors (Lipinski definition) is 2. The fourth-order valence-electron chi connectivity index (χ4n) is 3.62. The molecule has 0 aromatic heterocycles. The van der Waals surface area contributed by atoms with Crippen molar-refractivity contribution in [1.29, 1.82) is 0 Å². The summed E-state index contributed by atoms with van der Waals surface area (Å²) in [5, 5.41) is 11.8. The van der Waals surface area contributed by atoms with Crippen LogP contribution in [0.1, 0.15) is 38.5 Å². The lowest BCUT2D eigenvalue weighted by Crippen LogP contribution is -2.47. The van der Waals surface area contributed by atoms with E-state index in [1.54, 1.807) is 0 Å². The van der Waals surface area contributed by atoms with E-state index >= 15 is 0 Å². The van der Waals surface area contributed by atoms with Crippen LogP contribution in [0, 0.1) is 23.7 Å². The van der Waals surface area contributed by atoms with Crippen molar-refractivity contribution in [2.45, 2.75) is 44.6 Å². The Labute approximate surface area is 101 Å². The van der Waals surface area contributed by atoms with Gasteiger partial charge >= 0.3 is 5.97 Å². The van der Waals surface area contributed by atoms with Gasteiger partial charge in [0, 0.05) is 12.0 Å². The molecule has 0 saturated heterocycles. The molecule has 3 aliphatic rings. The topological polar surface area (TPSA) is 66.4 Å². The molecular formula is C13H19NO3. The SMILES string of the molecule is O=C(O)C1CC(NC(=O)C2[C@H]3CCCC[C@@H]23)C1. The lowest BCUT2D eigenvalue weighted by Gasteiger charge is -2.32. The van der Waals surface area contributed by atoms with Gasteiger partial charge in [0.15, 0.2) is 0 Å². The Balaban J connectivity index is 1.45. The zero-order valence-electron chi connectivity index (χ0n) is 9.89. The van der Waals surface area contributed by atoms with Crippen LogP contribution in [0.4, 0.5) is 0 Å². The number of carbonyl (C=O) groups excluding carboxylic acids is 1. The molecule has 17 heavy (non-hydrogen) atoms. The van der Waals surface area contributed by atoms with Gasteiger partial charge in [-0.25, -0.2) is 0 Å². The maximum Gasteiger partial charge on any atom is 0.306 e. The third kappa shape index (κ3) is 1.94. The smallest absolute Gasteiger partial charge is 0.306 e. The van der Waals surface area contributed by atoms with Gasteiger partial charge in [0.25, 0.3) is 0 Å². The highest BCUT2D eigenvalue weighted by Crippen LogP contribution is 2.55. The lowest BCUT2D eigenvalue weighted by atomic mass is 9.80. The predicted molar refractivity (Wildman–Crippen MR) is 61.2 cm³/mol. The van der Waals surface area contributed by atoms with Crippen molar-refractivity contribution in [2.75, 3.05) is 0 Å². The Morgan fingerprint density at radius 3 is 2.18 bits per heavy atom. The van der Waals surface area contributed by atoms with E-state index in [9.17, 15) is 9.59 Å². The summed E-state index contributed by atoms with van der Waals surface area (Å²) in [4.78, 5) is 22.6. The number of fused-ring (bicyclic) bond motifs is 1. The van der Waals surface area contributed by atoms with E-state index in [2.05, 4.69) is 5.32 Å². The highest BCUT2D eigenvalue weighted by molar-refractivity contribution is 5.83. The Kier molecular flexibility index (Phi) is 2.60. The van der Waals surface area contributed by atoms with Crippen molar-refractivity contribution in [3.8, 4) is 0 Å². The average molecular weight is 237 g/mol. The molecule has 0 spiro atoms. The number of aliphatic carboxylic acids is 1. The first-order chi connectivity index (χ1) is 8.16. The number of hydrogen-bond acceptors (Lipinski definition) is 2.